The van der Waals surface area contributed by atoms with E-state index in [2.05, 4.69) is 0 Å². The van der Waals surface area contributed by atoms with E-state index in [0.717, 1.165) is 0 Å². The van der Waals surface area contributed by atoms with Crippen molar-refractivity contribution in [3.05, 3.63) is 0 Å². The topological polar surface area (TPSA) is 80.3 Å². The Labute approximate surface area is 74.6 Å². The Morgan fingerprint density at radius 3 is 1.12 bits per heavy atom. The second-order valence-electron chi connectivity index (χ2n) is 0.408. The van der Waals surface area contributed by atoms with Gasteiger partial charge in [0.15, 0.2) is 0 Å². The normalized spacial score (nSPS) is 7.25. The summed E-state index contributed by atoms with van der Waals surface area (Å²) >= 11 is 0. The van der Waals surface area contributed by atoms with Gasteiger partial charge in [-0.3, -0.25) is 8.42 Å². The zero-order chi connectivity index (χ0) is 4.50. The summed E-state index contributed by atoms with van der Waals surface area (Å²) in [6, 6.07) is 0. The van der Waals surface area contributed by atoms with E-state index in [0.29, 0.717) is 0 Å². The molecular weight excluding hydrogens is 214 g/mol. The van der Waals surface area contributed by atoms with Gasteiger partial charge in [-0.05, 0) is 0 Å². The van der Waals surface area contributed by atoms with E-state index in [4.69, 9.17) is 17.5 Å². The number of rotatable bonds is 0. The molecule has 0 aromatic heterocycles. The van der Waals surface area contributed by atoms with E-state index in [-0.39, 0.29) is 46.8 Å². The van der Waals surface area contributed by atoms with E-state index >= 15 is 0 Å². The van der Waals surface area contributed by atoms with Crippen molar-refractivity contribution in [2.75, 3.05) is 0 Å². The molecule has 8 heavy (non-hydrogen) atoms. The molecule has 0 heterocycles. The third-order valence-corrected chi connectivity index (χ3v) is 0. The Kier molecular flexibility index (Phi) is 23.5. The molecule has 0 unspecified atom stereocenters. The first kappa shape index (κ1) is 22.9. The van der Waals surface area contributed by atoms with Crippen LogP contribution in [0.3, 0.4) is 0 Å². The van der Waals surface area contributed by atoms with Gasteiger partial charge in [0.25, 0.3) is 0 Å². The van der Waals surface area contributed by atoms with Gasteiger partial charge in [0.1, 0.15) is 0 Å². The van der Waals surface area contributed by atoms with Crippen molar-refractivity contribution in [3.63, 3.8) is 0 Å². The third-order valence-electron chi connectivity index (χ3n) is 0. The summed E-state index contributed by atoms with van der Waals surface area (Å²) in [7, 11) is -5.17. The zero-order valence-corrected chi connectivity index (χ0v) is 7.18. The minimum absolute atomic E-state index is 0. The molecule has 3 radical (unpaired) electrons. The second kappa shape index (κ2) is 8.21. The average molecular weight is 214 g/mol. The molecular formula is AlClFeO4S-. The summed E-state index contributed by atoms with van der Waals surface area (Å²) in [5, 5.41) is 0. The van der Waals surface area contributed by atoms with Gasteiger partial charge in [0, 0.05) is 27.8 Å². The first-order valence-corrected chi connectivity index (χ1v) is 2.00. The van der Waals surface area contributed by atoms with Crippen molar-refractivity contribution in [2.24, 2.45) is 0 Å². The van der Waals surface area contributed by atoms with Crippen molar-refractivity contribution < 1.29 is 47.0 Å². The predicted octanol–water partition coefficient (Wildman–Crippen LogP) is -4.72. The average Bonchev–Trinajstić information content (AvgIpc) is 0.722. The molecule has 0 aromatic carbocycles. The fraction of sp³-hybridized carbons (Fsp3) is 0. The summed E-state index contributed by atoms with van der Waals surface area (Å²) in [4.78, 5) is 0. The molecule has 0 aliphatic carbocycles. The van der Waals surface area contributed by atoms with Crippen molar-refractivity contribution in [3.8, 4) is 0 Å². The molecule has 0 atom stereocenters. The smallest absolute Gasteiger partial charge is 1.00 e. The Balaban J connectivity index is -0.0000000267. The maximum Gasteiger partial charge on any atom is 2.00 e. The molecule has 0 aliphatic rings. The van der Waals surface area contributed by atoms with Crippen molar-refractivity contribution in [2.45, 2.75) is 0 Å². The summed E-state index contributed by atoms with van der Waals surface area (Å²) in [6.07, 6.45) is 0. The number of hydrogen-bond donors (Lipinski definition) is 0. The molecule has 49 valence electrons. The van der Waals surface area contributed by atoms with Gasteiger partial charge in [-0.1, -0.05) is 0 Å². The van der Waals surface area contributed by atoms with Crippen LogP contribution in [0, 0.1) is 0 Å². The fourth-order valence-corrected chi connectivity index (χ4v) is 0. The Bertz CT molecular complexity index is 99.2. The van der Waals surface area contributed by atoms with E-state index < -0.39 is 10.4 Å². The van der Waals surface area contributed by atoms with Crippen LogP contribution in [0.2, 0.25) is 0 Å². The standard InChI is InChI=1S/Al.ClH.Fe.H2O4S/c;;;1-5(2,3)4/h;1H;;(H2,1,2,3,4)/q;;+2;/p-3. The van der Waals surface area contributed by atoms with Crippen LogP contribution >= 0.6 is 0 Å². The van der Waals surface area contributed by atoms with Gasteiger partial charge < -0.3 is 21.5 Å². The quantitative estimate of drug-likeness (QED) is 0.230. The van der Waals surface area contributed by atoms with Crippen LogP contribution < -0.4 is 12.4 Å². The van der Waals surface area contributed by atoms with E-state index in [1.807, 2.05) is 0 Å². The van der Waals surface area contributed by atoms with Gasteiger partial charge in [-0.2, -0.15) is 0 Å². The molecule has 0 rings (SSSR count). The van der Waals surface area contributed by atoms with Gasteiger partial charge in [-0.25, -0.2) is 0 Å². The number of halogens is 1. The molecule has 0 fully saturated rings. The number of hydrogen-bond acceptors (Lipinski definition) is 4. The van der Waals surface area contributed by atoms with Gasteiger partial charge in [-0.15, -0.1) is 0 Å². The van der Waals surface area contributed by atoms with E-state index in [1.54, 1.807) is 0 Å². The molecule has 4 nitrogen and oxygen atoms in total. The zero-order valence-electron chi connectivity index (χ0n) is 3.35. The Morgan fingerprint density at radius 2 is 1.12 bits per heavy atom. The molecule has 0 amide bonds. The molecule has 8 heteroatoms. The molecule has 0 aliphatic heterocycles. The Morgan fingerprint density at radius 1 is 1.12 bits per heavy atom. The summed E-state index contributed by atoms with van der Waals surface area (Å²) in [5.74, 6) is 0. The maximum absolute atomic E-state index is 8.52. The third kappa shape index (κ3) is 189. The SMILES string of the molecule is O=S(=O)([O-])[O-].[Al].[Cl-].[Fe+2]. The fourth-order valence-electron chi connectivity index (χ4n) is 0. The predicted molar refractivity (Wildman–Crippen MR) is 16.2 cm³/mol. The van der Waals surface area contributed by atoms with Crippen LogP contribution in [0.25, 0.3) is 0 Å². The van der Waals surface area contributed by atoms with Crippen LogP contribution in [0.15, 0.2) is 0 Å². The van der Waals surface area contributed by atoms with E-state index in [9.17, 15) is 0 Å². The molecule has 0 aromatic rings. The van der Waals surface area contributed by atoms with Crippen molar-refractivity contribution in [1.82, 2.24) is 0 Å². The van der Waals surface area contributed by atoms with Crippen LogP contribution in [0.4, 0.5) is 0 Å². The van der Waals surface area contributed by atoms with Crippen molar-refractivity contribution >= 4 is 27.8 Å². The van der Waals surface area contributed by atoms with Crippen LogP contribution in [0.5, 0.6) is 0 Å². The monoisotopic (exact) mass is 214 g/mol. The van der Waals surface area contributed by atoms with Crippen LogP contribution in [-0.4, -0.2) is 34.9 Å². The molecule has 0 N–H and O–H groups in total. The van der Waals surface area contributed by atoms with E-state index in [1.165, 1.54) is 0 Å². The first-order valence-electron chi connectivity index (χ1n) is 0.667. The summed E-state index contributed by atoms with van der Waals surface area (Å²) in [5.41, 5.74) is 0. The van der Waals surface area contributed by atoms with Crippen LogP contribution in [0.1, 0.15) is 0 Å². The minimum atomic E-state index is -5.17. The first-order chi connectivity index (χ1) is 2.00. The molecule has 0 bridgehead atoms. The maximum atomic E-state index is 8.52. The van der Waals surface area contributed by atoms with Gasteiger partial charge >= 0.3 is 17.1 Å². The summed E-state index contributed by atoms with van der Waals surface area (Å²) < 4.78 is 34.1. The van der Waals surface area contributed by atoms with Crippen molar-refractivity contribution in [1.29, 1.82) is 0 Å². The molecule has 0 spiro atoms. The molecule has 0 saturated carbocycles. The summed E-state index contributed by atoms with van der Waals surface area (Å²) in [6.45, 7) is 0. The van der Waals surface area contributed by atoms with Crippen LogP contribution in [-0.2, 0) is 27.5 Å². The molecule has 0 saturated heterocycles. The van der Waals surface area contributed by atoms with Gasteiger partial charge in [0.05, 0.1) is 0 Å². The Hall–Kier alpha value is 1.21. The largest absolute Gasteiger partial charge is 2.00 e. The second-order valence-corrected chi connectivity index (χ2v) is 1.22. The van der Waals surface area contributed by atoms with Gasteiger partial charge in [0.2, 0.25) is 0 Å². The minimum Gasteiger partial charge on any atom is -1.00 e.